The molecule has 2 aromatic rings. The Morgan fingerprint density at radius 3 is 2.80 bits per heavy atom. The van der Waals surface area contributed by atoms with Gasteiger partial charge in [-0.3, -0.25) is 4.79 Å². The van der Waals surface area contributed by atoms with Crippen molar-refractivity contribution in [1.82, 2.24) is 9.88 Å². The summed E-state index contributed by atoms with van der Waals surface area (Å²) in [7, 11) is 1.67. The molecule has 2 aliphatic rings. The van der Waals surface area contributed by atoms with Gasteiger partial charge in [0.1, 0.15) is 11.4 Å². The molecule has 25 heavy (non-hydrogen) atoms. The van der Waals surface area contributed by atoms with Crippen molar-refractivity contribution in [2.24, 2.45) is 17.8 Å². The van der Waals surface area contributed by atoms with Gasteiger partial charge in [0.25, 0.3) is 5.91 Å². The van der Waals surface area contributed by atoms with Crippen LogP contribution in [0.3, 0.4) is 0 Å². The molecule has 3 atom stereocenters. The van der Waals surface area contributed by atoms with E-state index in [1.165, 1.54) is 12.8 Å². The minimum atomic E-state index is 0.00137. The second-order valence-electron chi connectivity index (χ2n) is 7.96. The Morgan fingerprint density at radius 2 is 2.20 bits per heavy atom. The number of H-pyrrole nitrogens is 1. The van der Waals surface area contributed by atoms with Gasteiger partial charge in [0.15, 0.2) is 0 Å². The molecular weight excluding hydrogens is 312 g/mol. The molecule has 1 aliphatic heterocycles. The van der Waals surface area contributed by atoms with Gasteiger partial charge in [0.05, 0.1) is 7.11 Å². The maximum Gasteiger partial charge on any atom is 0.270 e. The first kappa shape index (κ1) is 16.5. The number of ether oxygens (including phenoxy) is 1. The van der Waals surface area contributed by atoms with Gasteiger partial charge in [-0.05, 0) is 55.2 Å². The summed E-state index contributed by atoms with van der Waals surface area (Å²) in [5, 5.41) is 0.974. The number of benzene rings is 1. The Morgan fingerprint density at radius 1 is 1.40 bits per heavy atom. The SMILES string of the molecule is CCC1(C(C)C)C2CCC2CN1C(=O)c1cc2c(OC)cccc2[nH]1. The molecule has 4 nitrogen and oxygen atoms in total. The van der Waals surface area contributed by atoms with Gasteiger partial charge in [-0.1, -0.05) is 26.8 Å². The van der Waals surface area contributed by atoms with Gasteiger partial charge < -0.3 is 14.6 Å². The number of aromatic amines is 1. The van der Waals surface area contributed by atoms with Gasteiger partial charge in [-0.25, -0.2) is 0 Å². The summed E-state index contributed by atoms with van der Waals surface area (Å²) in [4.78, 5) is 19.0. The molecular formula is C21H28N2O2. The molecule has 1 saturated carbocycles. The van der Waals surface area contributed by atoms with E-state index in [9.17, 15) is 4.79 Å². The van der Waals surface area contributed by atoms with Gasteiger partial charge in [0, 0.05) is 23.0 Å². The van der Waals surface area contributed by atoms with Crippen molar-refractivity contribution in [3.8, 4) is 5.75 Å². The molecule has 2 heterocycles. The lowest BCUT2D eigenvalue weighted by molar-refractivity contribution is 0.0199. The van der Waals surface area contributed by atoms with Crippen molar-refractivity contribution in [3.63, 3.8) is 0 Å². The van der Waals surface area contributed by atoms with E-state index in [0.29, 0.717) is 23.4 Å². The summed E-state index contributed by atoms with van der Waals surface area (Å²) in [6.07, 6.45) is 3.56. The number of amides is 1. The number of aromatic nitrogens is 1. The van der Waals surface area contributed by atoms with Gasteiger partial charge in [0.2, 0.25) is 0 Å². The molecule has 1 aliphatic carbocycles. The summed E-state index contributed by atoms with van der Waals surface area (Å²) in [5.41, 5.74) is 1.64. The summed E-state index contributed by atoms with van der Waals surface area (Å²) >= 11 is 0. The third kappa shape index (κ3) is 2.16. The fourth-order valence-electron chi connectivity index (χ4n) is 5.49. The van der Waals surface area contributed by atoms with E-state index < -0.39 is 0 Å². The van der Waals surface area contributed by atoms with Gasteiger partial charge >= 0.3 is 0 Å². The third-order valence-electron chi connectivity index (χ3n) is 6.86. The van der Waals surface area contributed by atoms with Crippen LogP contribution in [-0.2, 0) is 0 Å². The molecule has 1 aromatic carbocycles. The fraction of sp³-hybridized carbons (Fsp3) is 0.571. The Balaban J connectivity index is 1.75. The van der Waals surface area contributed by atoms with Gasteiger partial charge in [-0.2, -0.15) is 0 Å². The average molecular weight is 340 g/mol. The first-order chi connectivity index (χ1) is 12.0. The molecule has 4 rings (SSSR count). The Labute approximate surface area is 149 Å². The van der Waals surface area contributed by atoms with Crippen LogP contribution in [0.25, 0.3) is 10.9 Å². The predicted molar refractivity (Wildman–Crippen MR) is 100.0 cm³/mol. The van der Waals surface area contributed by atoms with Crippen molar-refractivity contribution in [2.75, 3.05) is 13.7 Å². The van der Waals surface area contributed by atoms with Crippen LogP contribution < -0.4 is 4.74 Å². The first-order valence-electron chi connectivity index (χ1n) is 9.50. The molecule has 3 unspecified atom stereocenters. The molecule has 1 aromatic heterocycles. The maximum atomic E-state index is 13.5. The monoisotopic (exact) mass is 340 g/mol. The number of nitrogens with zero attached hydrogens (tertiary/aromatic N) is 1. The summed E-state index contributed by atoms with van der Waals surface area (Å²) in [6.45, 7) is 7.70. The molecule has 0 radical (unpaired) electrons. The van der Waals surface area contributed by atoms with E-state index in [-0.39, 0.29) is 11.4 Å². The van der Waals surface area contributed by atoms with Crippen molar-refractivity contribution in [1.29, 1.82) is 0 Å². The van der Waals surface area contributed by atoms with Crippen LogP contribution in [0.4, 0.5) is 0 Å². The number of hydrogen-bond acceptors (Lipinski definition) is 2. The highest BCUT2D eigenvalue weighted by Crippen LogP contribution is 2.55. The standard InChI is InChI=1S/C21H28N2O2/c1-5-21(13(2)3)16-10-9-14(16)12-23(21)20(24)18-11-15-17(22-18)7-6-8-19(15)25-4/h6-8,11,13-14,16,22H,5,9-10,12H2,1-4H3. The molecule has 0 bridgehead atoms. The number of carbonyl (C=O) groups is 1. The lowest BCUT2D eigenvalue weighted by atomic mass is 9.62. The average Bonchev–Trinajstić information content (AvgIpc) is 3.11. The van der Waals surface area contributed by atoms with Crippen LogP contribution >= 0.6 is 0 Å². The maximum absolute atomic E-state index is 13.5. The van der Waals surface area contributed by atoms with Crippen LogP contribution in [0.1, 0.15) is 50.5 Å². The number of methoxy groups -OCH3 is 1. The van der Waals surface area contributed by atoms with E-state index >= 15 is 0 Å². The molecule has 134 valence electrons. The smallest absolute Gasteiger partial charge is 0.270 e. The minimum Gasteiger partial charge on any atom is -0.496 e. The Bertz CT molecular complexity index is 809. The zero-order valence-electron chi connectivity index (χ0n) is 15.6. The summed E-state index contributed by atoms with van der Waals surface area (Å²) in [6, 6.07) is 7.84. The molecule has 1 N–H and O–H groups in total. The Kier molecular flexibility index (Phi) is 3.82. The zero-order chi connectivity index (χ0) is 17.8. The topological polar surface area (TPSA) is 45.3 Å². The van der Waals surface area contributed by atoms with E-state index in [1.807, 2.05) is 24.3 Å². The minimum absolute atomic E-state index is 0.00137. The van der Waals surface area contributed by atoms with E-state index in [2.05, 4.69) is 30.7 Å². The van der Waals surface area contributed by atoms with E-state index in [1.54, 1.807) is 7.11 Å². The lowest BCUT2D eigenvalue weighted by Crippen LogP contribution is -2.55. The number of nitrogens with one attached hydrogen (secondary N) is 1. The van der Waals surface area contributed by atoms with Crippen molar-refractivity contribution < 1.29 is 9.53 Å². The van der Waals surface area contributed by atoms with Gasteiger partial charge in [-0.15, -0.1) is 0 Å². The van der Waals surface area contributed by atoms with Crippen LogP contribution in [0, 0.1) is 17.8 Å². The zero-order valence-corrected chi connectivity index (χ0v) is 15.6. The number of fused-ring (bicyclic) bond motifs is 2. The molecule has 0 spiro atoms. The number of hydrogen-bond donors (Lipinski definition) is 1. The highest BCUT2D eigenvalue weighted by Gasteiger charge is 2.59. The van der Waals surface area contributed by atoms with Crippen molar-refractivity contribution in [2.45, 2.75) is 45.6 Å². The predicted octanol–water partition coefficient (Wildman–Crippen LogP) is 4.46. The highest BCUT2D eigenvalue weighted by molar-refractivity contribution is 6.00. The van der Waals surface area contributed by atoms with E-state index in [0.717, 1.165) is 29.6 Å². The second-order valence-corrected chi connectivity index (χ2v) is 7.96. The van der Waals surface area contributed by atoms with Crippen LogP contribution in [0.5, 0.6) is 5.75 Å². The largest absolute Gasteiger partial charge is 0.496 e. The number of rotatable bonds is 4. The molecule has 1 saturated heterocycles. The normalized spacial score (nSPS) is 28.3. The van der Waals surface area contributed by atoms with Crippen LogP contribution in [0.15, 0.2) is 24.3 Å². The Hall–Kier alpha value is -1.97. The van der Waals surface area contributed by atoms with E-state index in [4.69, 9.17) is 4.74 Å². The lowest BCUT2D eigenvalue weighted by Gasteiger charge is -2.48. The summed E-state index contributed by atoms with van der Waals surface area (Å²) < 4.78 is 5.45. The van der Waals surface area contributed by atoms with Crippen molar-refractivity contribution in [3.05, 3.63) is 30.0 Å². The molecule has 4 heteroatoms. The van der Waals surface area contributed by atoms with Crippen LogP contribution in [0.2, 0.25) is 0 Å². The van der Waals surface area contributed by atoms with Crippen LogP contribution in [-0.4, -0.2) is 35.0 Å². The molecule has 1 amide bonds. The second kappa shape index (κ2) is 5.79. The quantitative estimate of drug-likeness (QED) is 0.893. The third-order valence-corrected chi connectivity index (χ3v) is 6.86. The first-order valence-corrected chi connectivity index (χ1v) is 9.50. The highest BCUT2D eigenvalue weighted by atomic mass is 16.5. The van der Waals surface area contributed by atoms with Crippen molar-refractivity contribution >= 4 is 16.8 Å². The number of carbonyl (C=O) groups excluding carboxylic acids is 1. The fourth-order valence-corrected chi connectivity index (χ4v) is 5.49. The summed E-state index contributed by atoms with van der Waals surface area (Å²) in [5.74, 6) is 2.77. The molecule has 2 fully saturated rings. The number of likely N-dealkylation sites (tertiary alicyclic amines) is 1.